The quantitative estimate of drug-likeness (QED) is 0.521. The number of ether oxygens (including phenoxy) is 1. The van der Waals surface area contributed by atoms with E-state index >= 15 is 0 Å². The molecule has 0 radical (unpaired) electrons. The van der Waals surface area contributed by atoms with Crippen molar-refractivity contribution < 1.29 is 26.5 Å². The Morgan fingerprint density at radius 1 is 1.10 bits per heavy atom. The zero-order chi connectivity index (χ0) is 14.5. The number of ketones is 1. The minimum Gasteiger partial charge on any atom is -1.00 e. The zero-order valence-corrected chi connectivity index (χ0v) is 13.2. The van der Waals surface area contributed by atoms with Gasteiger partial charge in [0.25, 0.3) is 0 Å². The van der Waals surface area contributed by atoms with E-state index in [1.165, 1.54) is 0 Å². The number of benzene rings is 1. The lowest BCUT2D eigenvalue weighted by molar-refractivity contribution is -0.683. The van der Waals surface area contributed by atoms with Gasteiger partial charge >= 0.3 is 0 Å². The molecular weight excluding hydrogens is 288 g/mol. The van der Waals surface area contributed by atoms with E-state index in [1.807, 2.05) is 48.1 Å². The molecule has 0 aliphatic rings. The van der Waals surface area contributed by atoms with Crippen molar-refractivity contribution in [3.63, 3.8) is 0 Å². The molecule has 0 aliphatic heterocycles. The van der Waals surface area contributed by atoms with E-state index in [-0.39, 0.29) is 18.2 Å². The maximum absolute atomic E-state index is 12.2. The lowest BCUT2D eigenvalue weighted by Crippen LogP contribution is -3.00. The van der Waals surface area contributed by atoms with E-state index in [0.29, 0.717) is 12.1 Å². The van der Waals surface area contributed by atoms with Crippen molar-refractivity contribution in [1.29, 1.82) is 0 Å². The molecule has 0 unspecified atom stereocenters. The molecule has 0 N–H and O–H groups in total. The molecule has 0 spiro atoms. The largest absolute Gasteiger partial charge is 1.00 e. The van der Waals surface area contributed by atoms with Gasteiger partial charge in [0.2, 0.25) is 12.3 Å². The van der Waals surface area contributed by atoms with Crippen LogP contribution in [0.5, 0.6) is 5.75 Å². The molecule has 0 fully saturated rings. The van der Waals surface area contributed by atoms with Gasteiger partial charge in [0.15, 0.2) is 12.4 Å². The van der Waals surface area contributed by atoms with Gasteiger partial charge in [-0.15, -0.1) is 0 Å². The molecule has 2 aromatic rings. The lowest BCUT2D eigenvalue weighted by Gasteiger charge is -2.10. The van der Waals surface area contributed by atoms with Crippen LogP contribution in [-0.4, -0.2) is 27.0 Å². The summed E-state index contributed by atoms with van der Waals surface area (Å²) in [5, 5.41) is 0. The molecule has 0 amide bonds. The molecule has 1 heterocycles. The summed E-state index contributed by atoms with van der Waals surface area (Å²) >= 11 is 0. The third-order valence-corrected chi connectivity index (χ3v) is 3.13. The number of Topliss-reactive ketones (excluding diaryl/α,β-unsaturated/α-hetero) is 1. The van der Waals surface area contributed by atoms with Crippen molar-refractivity contribution in [2.75, 3.05) is 26.1 Å². The first-order valence-corrected chi connectivity index (χ1v) is 6.44. The Morgan fingerprint density at radius 2 is 1.67 bits per heavy atom. The van der Waals surface area contributed by atoms with E-state index in [1.54, 1.807) is 31.4 Å². The molecule has 0 bridgehead atoms. The maximum atomic E-state index is 12.2. The van der Waals surface area contributed by atoms with Crippen molar-refractivity contribution in [2.45, 2.75) is 6.54 Å². The Labute approximate surface area is 131 Å². The summed E-state index contributed by atoms with van der Waals surface area (Å²) < 4.78 is 6.96. The second-order valence-electron chi connectivity index (χ2n) is 4.77. The number of aromatic nitrogens is 1. The Kier molecular flexibility index (Phi) is 6.18. The third kappa shape index (κ3) is 4.46. The van der Waals surface area contributed by atoms with Crippen LogP contribution in [0.3, 0.4) is 0 Å². The van der Waals surface area contributed by atoms with E-state index in [2.05, 4.69) is 0 Å². The highest BCUT2D eigenvalue weighted by Crippen LogP contribution is 2.12. The van der Waals surface area contributed by atoms with Crippen LogP contribution >= 0.6 is 0 Å². The van der Waals surface area contributed by atoms with Gasteiger partial charge in [-0.3, -0.25) is 4.79 Å². The standard InChI is InChI=1S/C16H19N2O2.ClH/c1-17(2)14-8-10-18(11-9-14)12-16(19)13-4-6-15(20-3)7-5-13;/h4-11H,12H2,1-3H3;1H/q+1;/p-1. The number of anilines is 1. The highest BCUT2D eigenvalue weighted by atomic mass is 35.5. The van der Waals surface area contributed by atoms with Crippen LogP contribution in [-0.2, 0) is 6.54 Å². The van der Waals surface area contributed by atoms with E-state index in [0.717, 1.165) is 11.4 Å². The minimum absolute atomic E-state index is 0. The fourth-order valence-electron chi connectivity index (χ4n) is 1.89. The van der Waals surface area contributed by atoms with Crippen molar-refractivity contribution >= 4 is 11.5 Å². The Bertz CT molecular complexity index is 580. The fraction of sp³-hybridized carbons (Fsp3) is 0.250. The van der Waals surface area contributed by atoms with Gasteiger partial charge in [0.05, 0.1) is 7.11 Å². The summed E-state index contributed by atoms with van der Waals surface area (Å²) in [6, 6.07) is 11.1. The van der Waals surface area contributed by atoms with Gasteiger partial charge in [0, 0.05) is 37.5 Å². The SMILES string of the molecule is COc1ccc(C(=O)C[n+]2ccc(N(C)C)cc2)cc1.[Cl-]. The predicted molar refractivity (Wildman–Crippen MR) is 78.3 cm³/mol. The normalized spacial score (nSPS) is 9.67. The molecule has 112 valence electrons. The zero-order valence-electron chi connectivity index (χ0n) is 12.4. The van der Waals surface area contributed by atoms with Gasteiger partial charge in [-0.1, -0.05) is 0 Å². The Hall–Kier alpha value is -2.07. The molecule has 0 saturated heterocycles. The monoisotopic (exact) mass is 306 g/mol. The minimum atomic E-state index is 0. The van der Waals surface area contributed by atoms with Crippen molar-refractivity contribution in [3.05, 3.63) is 54.4 Å². The van der Waals surface area contributed by atoms with Gasteiger partial charge in [-0.2, -0.15) is 4.57 Å². The Morgan fingerprint density at radius 3 is 2.14 bits per heavy atom. The summed E-state index contributed by atoms with van der Waals surface area (Å²) in [5.41, 5.74) is 1.80. The second-order valence-corrected chi connectivity index (χ2v) is 4.77. The summed E-state index contributed by atoms with van der Waals surface area (Å²) in [6.07, 6.45) is 3.83. The van der Waals surface area contributed by atoms with Gasteiger partial charge < -0.3 is 22.0 Å². The van der Waals surface area contributed by atoms with Gasteiger partial charge in [0.1, 0.15) is 5.75 Å². The fourth-order valence-corrected chi connectivity index (χ4v) is 1.89. The average molecular weight is 307 g/mol. The molecule has 1 aromatic carbocycles. The molecule has 0 atom stereocenters. The van der Waals surface area contributed by atoms with Crippen LogP contribution in [0.15, 0.2) is 48.8 Å². The van der Waals surface area contributed by atoms with Gasteiger partial charge in [-0.05, 0) is 24.3 Å². The number of carbonyl (C=O) groups is 1. The predicted octanol–water partition coefficient (Wildman–Crippen LogP) is -1.06. The summed E-state index contributed by atoms with van der Waals surface area (Å²) in [4.78, 5) is 14.2. The third-order valence-electron chi connectivity index (χ3n) is 3.13. The van der Waals surface area contributed by atoms with E-state index in [4.69, 9.17) is 4.74 Å². The van der Waals surface area contributed by atoms with E-state index in [9.17, 15) is 4.79 Å². The second kappa shape index (κ2) is 7.64. The number of hydrogen-bond donors (Lipinski definition) is 0. The first-order chi connectivity index (χ1) is 9.60. The molecule has 0 aliphatic carbocycles. The average Bonchev–Trinajstić information content (AvgIpc) is 2.48. The van der Waals surface area contributed by atoms with Gasteiger partial charge in [-0.25, -0.2) is 0 Å². The van der Waals surface area contributed by atoms with Crippen molar-refractivity contribution in [3.8, 4) is 5.75 Å². The van der Waals surface area contributed by atoms with Crippen LogP contribution in [0, 0.1) is 0 Å². The first kappa shape index (κ1) is 17.0. The number of pyridine rings is 1. The molecule has 0 saturated carbocycles. The van der Waals surface area contributed by atoms with E-state index < -0.39 is 0 Å². The first-order valence-electron chi connectivity index (χ1n) is 6.44. The van der Waals surface area contributed by atoms with Crippen molar-refractivity contribution in [2.24, 2.45) is 0 Å². The summed E-state index contributed by atoms with van der Waals surface area (Å²) in [5.74, 6) is 0.833. The number of nitrogens with zero attached hydrogens (tertiary/aromatic N) is 2. The molecule has 5 heteroatoms. The van der Waals surface area contributed by atoms with Crippen molar-refractivity contribution in [1.82, 2.24) is 0 Å². The van der Waals surface area contributed by atoms with Crippen LogP contribution in [0.4, 0.5) is 5.69 Å². The highest BCUT2D eigenvalue weighted by molar-refractivity contribution is 5.95. The topological polar surface area (TPSA) is 33.4 Å². The highest BCUT2D eigenvalue weighted by Gasteiger charge is 2.12. The van der Waals surface area contributed by atoms with Crippen LogP contribution in [0.1, 0.15) is 10.4 Å². The number of carbonyl (C=O) groups excluding carboxylic acids is 1. The molecule has 1 aromatic heterocycles. The number of hydrogen-bond acceptors (Lipinski definition) is 3. The molecule has 21 heavy (non-hydrogen) atoms. The number of halogens is 1. The molecular formula is C16H19ClN2O2. The van der Waals surface area contributed by atoms with Crippen LogP contribution in [0.25, 0.3) is 0 Å². The van der Waals surface area contributed by atoms with Crippen LogP contribution in [0.2, 0.25) is 0 Å². The summed E-state index contributed by atoms with van der Waals surface area (Å²) in [7, 11) is 5.59. The molecule has 2 rings (SSSR count). The number of methoxy groups -OCH3 is 1. The maximum Gasteiger partial charge on any atom is 0.227 e. The lowest BCUT2D eigenvalue weighted by atomic mass is 10.1. The summed E-state index contributed by atoms with van der Waals surface area (Å²) in [6.45, 7) is 0.333. The number of rotatable bonds is 5. The van der Waals surface area contributed by atoms with Crippen LogP contribution < -0.4 is 26.6 Å². The molecule has 4 nitrogen and oxygen atoms in total. The Balaban J connectivity index is 0.00000220. The smallest absolute Gasteiger partial charge is 0.227 e.